The molecule has 0 radical (unpaired) electrons. The number of aromatic nitrogens is 5. The molecule has 226 valence electrons. The van der Waals surface area contributed by atoms with E-state index in [0.717, 1.165) is 59.7 Å². The fraction of sp³-hybridized carbons (Fsp3) is 0.344. The number of aromatic amines is 1. The van der Waals surface area contributed by atoms with Crippen LogP contribution in [0.25, 0.3) is 10.9 Å². The van der Waals surface area contributed by atoms with Gasteiger partial charge in [0.15, 0.2) is 0 Å². The van der Waals surface area contributed by atoms with E-state index >= 15 is 0 Å². The van der Waals surface area contributed by atoms with Gasteiger partial charge in [0.25, 0.3) is 6.47 Å². The summed E-state index contributed by atoms with van der Waals surface area (Å²) in [4.78, 5) is 22.8. The summed E-state index contributed by atoms with van der Waals surface area (Å²) in [5.74, 6) is 4.21. The Morgan fingerprint density at radius 3 is 2.47 bits per heavy atom. The average molecular weight is 587 g/mol. The molecule has 0 saturated heterocycles. The van der Waals surface area contributed by atoms with Crippen LogP contribution in [0.5, 0.6) is 17.2 Å². The molecule has 1 aliphatic rings. The molecule has 1 saturated carbocycles. The Morgan fingerprint density at radius 2 is 1.79 bits per heavy atom. The molecule has 2 aromatic carbocycles. The van der Waals surface area contributed by atoms with Gasteiger partial charge in [0, 0.05) is 47.3 Å². The maximum Gasteiger partial charge on any atom is 0.290 e. The smallest absolute Gasteiger partial charge is 0.290 e. The van der Waals surface area contributed by atoms with Crippen LogP contribution in [0.2, 0.25) is 0 Å². The van der Waals surface area contributed by atoms with Crippen molar-refractivity contribution in [2.24, 2.45) is 0 Å². The first-order chi connectivity index (χ1) is 21.0. The van der Waals surface area contributed by atoms with Crippen molar-refractivity contribution in [3.8, 4) is 17.2 Å². The molecule has 0 spiro atoms. The Kier molecular flexibility index (Phi) is 11.1. The largest absolute Gasteiger partial charge is 0.497 e. The van der Waals surface area contributed by atoms with E-state index in [9.17, 15) is 0 Å². The molecule has 43 heavy (non-hydrogen) atoms. The predicted molar refractivity (Wildman–Crippen MR) is 164 cm³/mol. The summed E-state index contributed by atoms with van der Waals surface area (Å²) in [5, 5.41) is 18.8. The summed E-state index contributed by atoms with van der Waals surface area (Å²) in [7, 11) is 4.93. The number of methoxy groups -OCH3 is 3. The van der Waals surface area contributed by atoms with Crippen molar-refractivity contribution in [2.75, 3.05) is 26.6 Å². The van der Waals surface area contributed by atoms with Crippen molar-refractivity contribution in [2.45, 2.75) is 51.0 Å². The number of carboxylic acid groups (broad SMARTS) is 1. The van der Waals surface area contributed by atoms with E-state index in [0.29, 0.717) is 29.5 Å². The van der Waals surface area contributed by atoms with Crippen LogP contribution in [0.1, 0.15) is 60.7 Å². The number of carbonyl (C=O) groups is 1. The van der Waals surface area contributed by atoms with Crippen molar-refractivity contribution < 1.29 is 24.1 Å². The highest BCUT2D eigenvalue weighted by Crippen LogP contribution is 2.46. The van der Waals surface area contributed by atoms with Crippen LogP contribution in [0.15, 0.2) is 61.1 Å². The molecule has 0 unspecified atom stereocenters. The van der Waals surface area contributed by atoms with Crippen LogP contribution in [0.3, 0.4) is 0 Å². The third-order valence-corrected chi connectivity index (χ3v) is 7.40. The molecule has 2 heterocycles. The third kappa shape index (κ3) is 7.68. The van der Waals surface area contributed by atoms with Gasteiger partial charge in [0.05, 0.1) is 21.3 Å². The lowest BCUT2D eigenvalue weighted by Gasteiger charge is -2.33. The highest BCUT2D eigenvalue weighted by Gasteiger charge is 2.34. The first-order valence-electron chi connectivity index (χ1n) is 14.1. The van der Waals surface area contributed by atoms with E-state index in [4.69, 9.17) is 34.1 Å². The topological polar surface area (TPSA) is 144 Å². The molecule has 11 heteroatoms. The quantitative estimate of drug-likeness (QED) is 0.194. The molecule has 0 aliphatic heterocycles. The van der Waals surface area contributed by atoms with Crippen molar-refractivity contribution in [3.63, 3.8) is 0 Å². The number of rotatable bonds is 10. The summed E-state index contributed by atoms with van der Waals surface area (Å²) in [6, 6.07) is 16.0. The van der Waals surface area contributed by atoms with Crippen molar-refractivity contribution >= 4 is 23.2 Å². The molecule has 11 nitrogen and oxygen atoms in total. The molecule has 3 N–H and O–H groups in total. The lowest BCUT2D eigenvalue weighted by molar-refractivity contribution is -0.122. The number of fused-ring (bicyclic) bond motifs is 1. The van der Waals surface area contributed by atoms with Crippen LogP contribution in [0.4, 0.5) is 5.82 Å². The minimum Gasteiger partial charge on any atom is -0.497 e. The van der Waals surface area contributed by atoms with E-state index in [1.165, 1.54) is 11.9 Å². The Morgan fingerprint density at radius 1 is 1.00 bits per heavy atom. The number of ether oxygens (including phenoxy) is 3. The zero-order valence-electron chi connectivity index (χ0n) is 24.9. The zero-order valence-corrected chi connectivity index (χ0v) is 24.9. The minimum absolute atomic E-state index is 0.221. The van der Waals surface area contributed by atoms with Gasteiger partial charge >= 0.3 is 0 Å². The molecule has 0 bridgehead atoms. The van der Waals surface area contributed by atoms with E-state index in [1.807, 2.05) is 42.6 Å². The van der Waals surface area contributed by atoms with Gasteiger partial charge in [-0.1, -0.05) is 25.5 Å². The van der Waals surface area contributed by atoms with E-state index in [1.54, 1.807) is 21.3 Å². The molecule has 5 rings (SSSR count). The number of para-hydroxylation sites is 1. The third-order valence-electron chi connectivity index (χ3n) is 7.40. The number of aryl methyl sites for hydroxylation is 1. The van der Waals surface area contributed by atoms with Crippen LogP contribution in [-0.2, 0) is 17.8 Å². The van der Waals surface area contributed by atoms with Crippen molar-refractivity contribution in [1.29, 1.82) is 0 Å². The van der Waals surface area contributed by atoms with Gasteiger partial charge in [-0.3, -0.25) is 14.9 Å². The summed E-state index contributed by atoms with van der Waals surface area (Å²) < 4.78 is 16.6. The number of hydrogen-bond donors (Lipinski definition) is 3. The van der Waals surface area contributed by atoms with E-state index in [-0.39, 0.29) is 12.4 Å². The van der Waals surface area contributed by atoms with Crippen LogP contribution >= 0.6 is 0 Å². The lowest BCUT2D eigenvalue weighted by atomic mass is 9.72. The fourth-order valence-corrected chi connectivity index (χ4v) is 5.09. The maximum atomic E-state index is 8.36. The first-order valence-corrected chi connectivity index (χ1v) is 14.1. The summed E-state index contributed by atoms with van der Waals surface area (Å²) in [5.41, 5.74) is 4.06. The molecule has 0 atom stereocenters. The molecule has 4 aromatic rings. The molecular weight excluding hydrogens is 548 g/mol. The molecule has 2 aromatic heterocycles. The average Bonchev–Trinajstić information content (AvgIpc) is 3.09. The number of nitrogens with zero attached hydrogens (tertiary/aromatic N) is 4. The lowest BCUT2D eigenvalue weighted by Crippen LogP contribution is -2.23. The fourth-order valence-electron chi connectivity index (χ4n) is 5.09. The van der Waals surface area contributed by atoms with Gasteiger partial charge in [-0.25, -0.2) is 9.97 Å². The number of pyridine rings is 1. The van der Waals surface area contributed by atoms with Crippen LogP contribution in [-0.4, -0.2) is 58.1 Å². The second-order valence-corrected chi connectivity index (χ2v) is 10.0. The number of benzene rings is 2. The van der Waals surface area contributed by atoms with Gasteiger partial charge in [0.1, 0.15) is 40.7 Å². The summed E-state index contributed by atoms with van der Waals surface area (Å²) in [6.45, 7) is 2.42. The first kappa shape index (κ1) is 31.0. The monoisotopic (exact) mass is 586 g/mol. The Hall–Kier alpha value is -4.93. The summed E-state index contributed by atoms with van der Waals surface area (Å²) in [6.07, 6.45) is 7.60. The van der Waals surface area contributed by atoms with Gasteiger partial charge in [-0.2, -0.15) is 5.10 Å². The molecule has 0 amide bonds. The molecular formula is C32H38N6O5. The highest BCUT2D eigenvalue weighted by atomic mass is 16.5. The second kappa shape index (κ2) is 15.3. The molecule has 1 aliphatic carbocycles. The standard InChI is InChI=1S/C31H36N6O3.CH2O2/c1-5-7-20-10-13-26(32-17-20)22-14-23(15-22)30-36-31(33-18-21-11-12-24(38-2)16-28(21)40-4)25-8-6-9-27(39-3)29(25)34-19-35-37-30;2-1-3/h6,8-13,16-17,19,22-23,33H,5,7,14-15,18H2,1-4H3,(H,36,37);1H,(H,2,3). The van der Waals surface area contributed by atoms with E-state index in [2.05, 4.69) is 39.6 Å². The normalized spacial score (nSPS) is 15.3. The zero-order chi connectivity index (χ0) is 30.6. The van der Waals surface area contributed by atoms with Gasteiger partial charge in [-0.05, 0) is 55.2 Å². The predicted octanol–water partition coefficient (Wildman–Crippen LogP) is 5.82. The van der Waals surface area contributed by atoms with Gasteiger partial charge in [0.2, 0.25) is 0 Å². The summed E-state index contributed by atoms with van der Waals surface area (Å²) >= 11 is 0. The van der Waals surface area contributed by atoms with Crippen LogP contribution < -0.4 is 19.5 Å². The Bertz CT molecular complexity index is 1550. The SMILES string of the molecule is CCCc1ccc(C2CC(c3nc(NCc4ccc(OC)cc4OC)c4cccc(OC)c4ncn[nH]3)C2)nc1.O=CO. The molecule has 1 fully saturated rings. The van der Waals surface area contributed by atoms with Crippen LogP contribution in [0, 0.1) is 0 Å². The van der Waals surface area contributed by atoms with Gasteiger partial charge in [-0.15, -0.1) is 0 Å². The second-order valence-electron chi connectivity index (χ2n) is 10.0. The van der Waals surface area contributed by atoms with E-state index < -0.39 is 0 Å². The maximum absolute atomic E-state index is 8.36. The Labute approximate surface area is 251 Å². The van der Waals surface area contributed by atoms with Crippen molar-refractivity contribution in [1.82, 2.24) is 25.1 Å². The highest BCUT2D eigenvalue weighted by molar-refractivity contribution is 5.92. The number of hydrogen-bond acceptors (Lipinski definition) is 9. The Balaban J connectivity index is 0.00000135. The number of nitrogens with one attached hydrogen (secondary N) is 2. The van der Waals surface area contributed by atoms with Crippen molar-refractivity contribution in [3.05, 3.63) is 83.7 Å². The van der Waals surface area contributed by atoms with Gasteiger partial charge < -0.3 is 24.6 Å². The minimum atomic E-state index is -0.250. The number of H-pyrrole nitrogens is 1. The number of anilines is 1.